The monoisotopic (exact) mass is 293 g/mol. The molecule has 0 fully saturated rings. The van der Waals surface area contributed by atoms with Gasteiger partial charge in [0.15, 0.2) is 0 Å². The van der Waals surface area contributed by atoms with E-state index in [-0.39, 0.29) is 11.3 Å². The van der Waals surface area contributed by atoms with Crippen molar-refractivity contribution < 1.29 is 4.79 Å². The van der Waals surface area contributed by atoms with Crippen molar-refractivity contribution in [2.45, 2.75) is 26.2 Å². The highest BCUT2D eigenvalue weighted by Gasteiger charge is 2.14. The van der Waals surface area contributed by atoms with Gasteiger partial charge in [0.25, 0.3) is 5.91 Å². The van der Waals surface area contributed by atoms with Crippen LogP contribution in [0.25, 0.3) is 10.9 Å². The van der Waals surface area contributed by atoms with Crippen LogP contribution in [0.3, 0.4) is 0 Å². The SMILES string of the molecule is CC(C)(C)c1ccc(C(=O)Nc2ccc3[nH]ncc3c2)cc1. The van der Waals surface area contributed by atoms with E-state index in [1.807, 2.05) is 42.5 Å². The average Bonchev–Trinajstić information content (AvgIpc) is 2.94. The number of amides is 1. The normalized spacial score (nSPS) is 11.6. The van der Waals surface area contributed by atoms with Gasteiger partial charge in [0.05, 0.1) is 11.7 Å². The van der Waals surface area contributed by atoms with Gasteiger partial charge in [-0.05, 0) is 41.3 Å². The van der Waals surface area contributed by atoms with Crippen LogP contribution in [0.1, 0.15) is 36.7 Å². The molecule has 0 aliphatic heterocycles. The summed E-state index contributed by atoms with van der Waals surface area (Å²) >= 11 is 0. The molecular formula is C18H19N3O. The van der Waals surface area contributed by atoms with E-state index in [2.05, 4.69) is 36.3 Å². The lowest BCUT2D eigenvalue weighted by molar-refractivity contribution is 0.102. The Balaban J connectivity index is 1.78. The summed E-state index contributed by atoms with van der Waals surface area (Å²) in [5, 5.41) is 10.8. The van der Waals surface area contributed by atoms with Gasteiger partial charge in [-0.15, -0.1) is 0 Å². The van der Waals surface area contributed by atoms with Crippen LogP contribution in [-0.4, -0.2) is 16.1 Å². The number of carbonyl (C=O) groups excluding carboxylic acids is 1. The Morgan fingerprint density at radius 3 is 2.50 bits per heavy atom. The Bertz CT molecular complexity index is 810. The van der Waals surface area contributed by atoms with Crippen molar-refractivity contribution in [1.29, 1.82) is 0 Å². The summed E-state index contributed by atoms with van der Waals surface area (Å²) in [6.45, 7) is 6.46. The smallest absolute Gasteiger partial charge is 0.255 e. The lowest BCUT2D eigenvalue weighted by Gasteiger charge is -2.19. The summed E-state index contributed by atoms with van der Waals surface area (Å²) in [5.41, 5.74) is 3.66. The highest BCUT2D eigenvalue weighted by molar-refractivity contribution is 6.05. The molecule has 1 aromatic heterocycles. The van der Waals surface area contributed by atoms with Crippen LogP contribution in [-0.2, 0) is 5.41 Å². The Kier molecular flexibility index (Phi) is 3.45. The van der Waals surface area contributed by atoms with Gasteiger partial charge in [0, 0.05) is 16.6 Å². The number of hydrogen-bond donors (Lipinski definition) is 2. The second-order valence-electron chi connectivity index (χ2n) is 6.45. The minimum Gasteiger partial charge on any atom is -0.322 e. The third kappa shape index (κ3) is 2.86. The van der Waals surface area contributed by atoms with Crippen LogP contribution in [0.5, 0.6) is 0 Å². The van der Waals surface area contributed by atoms with E-state index in [0.29, 0.717) is 5.56 Å². The second kappa shape index (κ2) is 5.30. The first-order valence-electron chi connectivity index (χ1n) is 7.28. The van der Waals surface area contributed by atoms with Crippen molar-refractivity contribution in [2.24, 2.45) is 0 Å². The zero-order chi connectivity index (χ0) is 15.7. The molecule has 3 rings (SSSR count). The fraction of sp³-hybridized carbons (Fsp3) is 0.222. The Hall–Kier alpha value is -2.62. The molecule has 0 unspecified atom stereocenters. The Morgan fingerprint density at radius 1 is 1.09 bits per heavy atom. The quantitative estimate of drug-likeness (QED) is 0.747. The number of nitrogens with one attached hydrogen (secondary N) is 2. The molecule has 0 saturated heterocycles. The first kappa shape index (κ1) is 14.3. The number of nitrogens with zero attached hydrogens (tertiary/aromatic N) is 1. The predicted octanol–water partition coefficient (Wildman–Crippen LogP) is 4.11. The van der Waals surface area contributed by atoms with Gasteiger partial charge in [-0.25, -0.2) is 0 Å². The van der Waals surface area contributed by atoms with Crippen molar-refractivity contribution in [3.8, 4) is 0 Å². The molecule has 22 heavy (non-hydrogen) atoms. The van der Waals surface area contributed by atoms with Crippen molar-refractivity contribution in [3.05, 3.63) is 59.8 Å². The predicted molar refractivity (Wildman–Crippen MR) is 89.2 cm³/mol. The first-order chi connectivity index (χ1) is 10.4. The van der Waals surface area contributed by atoms with Gasteiger partial charge in [0.1, 0.15) is 0 Å². The van der Waals surface area contributed by atoms with Gasteiger partial charge >= 0.3 is 0 Å². The zero-order valence-electron chi connectivity index (χ0n) is 13.0. The molecule has 112 valence electrons. The summed E-state index contributed by atoms with van der Waals surface area (Å²) in [7, 11) is 0. The molecule has 0 saturated carbocycles. The third-order valence-electron chi connectivity index (χ3n) is 3.71. The summed E-state index contributed by atoms with van der Waals surface area (Å²) in [6, 6.07) is 13.4. The van der Waals surface area contributed by atoms with Crippen LogP contribution in [0, 0.1) is 0 Å². The van der Waals surface area contributed by atoms with Crippen molar-refractivity contribution in [3.63, 3.8) is 0 Å². The van der Waals surface area contributed by atoms with Gasteiger partial charge in [-0.2, -0.15) is 5.10 Å². The lowest BCUT2D eigenvalue weighted by atomic mass is 9.87. The highest BCUT2D eigenvalue weighted by Crippen LogP contribution is 2.23. The molecule has 0 aliphatic carbocycles. The molecule has 0 spiro atoms. The maximum absolute atomic E-state index is 12.3. The molecule has 0 radical (unpaired) electrons. The number of carbonyl (C=O) groups is 1. The molecule has 1 amide bonds. The first-order valence-corrected chi connectivity index (χ1v) is 7.28. The summed E-state index contributed by atoms with van der Waals surface area (Å²) in [4.78, 5) is 12.3. The van der Waals surface area contributed by atoms with Gasteiger partial charge < -0.3 is 5.32 Å². The molecule has 2 N–H and O–H groups in total. The lowest BCUT2D eigenvalue weighted by Crippen LogP contribution is -2.14. The van der Waals surface area contributed by atoms with E-state index < -0.39 is 0 Å². The van der Waals surface area contributed by atoms with Gasteiger partial charge in [-0.1, -0.05) is 32.9 Å². The fourth-order valence-electron chi connectivity index (χ4n) is 2.35. The van der Waals surface area contributed by atoms with E-state index in [0.717, 1.165) is 16.6 Å². The number of benzene rings is 2. The molecular weight excluding hydrogens is 274 g/mol. The minimum absolute atomic E-state index is 0.0846. The highest BCUT2D eigenvalue weighted by atomic mass is 16.1. The minimum atomic E-state index is -0.108. The molecule has 0 atom stereocenters. The van der Waals surface area contributed by atoms with E-state index in [1.54, 1.807) is 6.20 Å². The van der Waals surface area contributed by atoms with Crippen LogP contribution in [0.2, 0.25) is 0 Å². The number of anilines is 1. The van der Waals surface area contributed by atoms with Gasteiger partial charge in [0.2, 0.25) is 0 Å². The van der Waals surface area contributed by atoms with Gasteiger partial charge in [-0.3, -0.25) is 9.89 Å². The fourth-order valence-corrected chi connectivity index (χ4v) is 2.35. The van der Waals surface area contributed by atoms with Crippen molar-refractivity contribution in [1.82, 2.24) is 10.2 Å². The maximum Gasteiger partial charge on any atom is 0.255 e. The van der Waals surface area contributed by atoms with Crippen LogP contribution < -0.4 is 5.32 Å². The molecule has 2 aromatic carbocycles. The maximum atomic E-state index is 12.3. The zero-order valence-corrected chi connectivity index (χ0v) is 13.0. The number of H-pyrrole nitrogens is 1. The summed E-state index contributed by atoms with van der Waals surface area (Å²) in [5.74, 6) is -0.108. The number of rotatable bonds is 2. The Labute approximate surface area is 129 Å². The number of aromatic amines is 1. The molecule has 4 nitrogen and oxygen atoms in total. The van der Waals surface area contributed by atoms with Crippen LogP contribution in [0.15, 0.2) is 48.7 Å². The number of aromatic nitrogens is 2. The molecule has 4 heteroatoms. The topological polar surface area (TPSA) is 57.8 Å². The van der Waals surface area contributed by atoms with E-state index in [9.17, 15) is 4.79 Å². The standard InChI is InChI=1S/C18H19N3O/c1-18(2,3)14-6-4-12(5-7-14)17(22)20-15-8-9-16-13(10-15)11-19-21-16/h4-11H,1-3H3,(H,19,21)(H,20,22). The van der Waals surface area contributed by atoms with Crippen LogP contribution >= 0.6 is 0 Å². The number of fused-ring (bicyclic) bond motifs is 1. The molecule has 0 aliphatic rings. The third-order valence-corrected chi connectivity index (χ3v) is 3.71. The molecule has 1 heterocycles. The summed E-state index contributed by atoms with van der Waals surface area (Å²) in [6.07, 6.45) is 1.74. The molecule has 0 bridgehead atoms. The van der Waals surface area contributed by atoms with Crippen molar-refractivity contribution >= 4 is 22.5 Å². The van der Waals surface area contributed by atoms with E-state index in [1.165, 1.54) is 5.56 Å². The largest absolute Gasteiger partial charge is 0.322 e. The Morgan fingerprint density at radius 2 is 1.82 bits per heavy atom. The second-order valence-corrected chi connectivity index (χ2v) is 6.45. The van der Waals surface area contributed by atoms with Crippen molar-refractivity contribution in [2.75, 3.05) is 5.32 Å². The summed E-state index contributed by atoms with van der Waals surface area (Å²) < 4.78 is 0. The number of hydrogen-bond acceptors (Lipinski definition) is 2. The van der Waals surface area contributed by atoms with E-state index >= 15 is 0 Å². The average molecular weight is 293 g/mol. The van der Waals surface area contributed by atoms with E-state index in [4.69, 9.17) is 0 Å². The molecule has 3 aromatic rings. The van der Waals surface area contributed by atoms with Crippen LogP contribution in [0.4, 0.5) is 5.69 Å².